The highest BCUT2D eigenvalue weighted by atomic mass is 32.2. The van der Waals surface area contributed by atoms with Crippen molar-refractivity contribution in [3.63, 3.8) is 0 Å². The number of hydrogen-bond acceptors (Lipinski definition) is 6. The number of unbranched alkanes of at least 4 members (excludes halogenated alkanes) is 9. The van der Waals surface area contributed by atoms with Gasteiger partial charge in [-0.2, -0.15) is 8.42 Å². The average Bonchev–Trinajstić information content (AvgIpc) is 2.74. The fourth-order valence-corrected chi connectivity index (χ4v) is 3.64. The first kappa shape index (κ1) is 27.1. The Balaban J connectivity index is 2.29. The van der Waals surface area contributed by atoms with E-state index in [1.807, 2.05) is 0 Å². The molecule has 0 heterocycles. The molecule has 0 unspecified atom stereocenters. The first-order valence-electron chi connectivity index (χ1n) is 11.2. The van der Waals surface area contributed by atoms with Gasteiger partial charge in [-0.05, 0) is 25.0 Å². The maximum Gasteiger partial charge on any atom is 0.339 e. The molecule has 0 radical (unpaired) electrons. The van der Waals surface area contributed by atoms with E-state index in [2.05, 4.69) is 6.92 Å². The van der Waals surface area contributed by atoms with Gasteiger partial charge in [-0.25, -0.2) is 9.59 Å². The summed E-state index contributed by atoms with van der Waals surface area (Å²) < 4.78 is 40.4. The molecule has 176 valence electrons. The summed E-state index contributed by atoms with van der Waals surface area (Å²) in [6, 6.07) is 6.19. The van der Waals surface area contributed by atoms with Crippen molar-refractivity contribution >= 4 is 22.1 Å². The SMILES string of the molecule is CCCCCCCCCCCCOC(=O)c1ccccc1C(=O)OCCCS(=O)(=O)O. The average molecular weight is 457 g/mol. The summed E-state index contributed by atoms with van der Waals surface area (Å²) in [6.45, 7) is 2.34. The predicted octanol–water partition coefficient (Wildman–Crippen LogP) is 5.20. The predicted molar refractivity (Wildman–Crippen MR) is 120 cm³/mol. The Morgan fingerprint density at radius 2 is 1.16 bits per heavy atom. The standard InChI is InChI=1S/C23H36O7S/c1-2-3-4-5-6-7-8-9-10-13-17-29-22(24)20-15-11-12-16-21(20)23(25)30-18-14-19-31(26,27)28/h11-12,15-16H,2-10,13-14,17-19H2,1H3,(H,26,27,28). The van der Waals surface area contributed by atoms with Crippen LogP contribution in [-0.4, -0.2) is 43.9 Å². The van der Waals surface area contributed by atoms with Crippen LogP contribution in [-0.2, 0) is 19.6 Å². The third-order valence-electron chi connectivity index (χ3n) is 4.88. The van der Waals surface area contributed by atoms with Crippen LogP contribution in [0.25, 0.3) is 0 Å². The third-order valence-corrected chi connectivity index (χ3v) is 5.68. The van der Waals surface area contributed by atoms with Gasteiger partial charge in [0.15, 0.2) is 0 Å². The van der Waals surface area contributed by atoms with E-state index in [4.69, 9.17) is 14.0 Å². The van der Waals surface area contributed by atoms with Gasteiger partial charge < -0.3 is 9.47 Å². The Morgan fingerprint density at radius 1 is 0.742 bits per heavy atom. The number of ether oxygens (including phenoxy) is 2. The number of esters is 2. The molecule has 1 N–H and O–H groups in total. The van der Waals surface area contributed by atoms with Crippen molar-refractivity contribution in [2.45, 2.75) is 77.6 Å². The molecule has 0 amide bonds. The molecule has 0 fully saturated rings. The number of rotatable bonds is 17. The first-order chi connectivity index (χ1) is 14.8. The van der Waals surface area contributed by atoms with Gasteiger partial charge in [0, 0.05) is 0 Å². The fourth-order valence-electron chi connectivity index (χ4n) is 3.16. The van der Waals surface area contributed by atoms with Gasteiger partial charge in [0.25, 0.3) is 10.1 Å². The van der Waals surface area contributed by atoms with Gasteiger partial charge >= 0.3 is 11.9 Å². The van der Waals surface area contributed by atoms with Crippen molar-refractivity contribution in [2.24, 2.45) is 0 Å². The van der Waals surface area contributed by atoms with Gasteiger partial charge in [0.2, 0.25) is 0 Å². The highest BCUT2D eigenvalue weighted by Crippen LogP contribution is 2.14. The van der Waals surface area contributed by atoms with Crippen molar-refractivity contribution in [3.8, 4) is 0 Å². The Bertz CT molecular complexity index is 759. The zero-order valence-corrected chi connectivity index (χ0v) is 19.3. The second-order valence-corrected chi connectivity index (χ2v) is 9.21. The number of carbonyl (C=O) groups excluding carboxylic acids is 2. The molecule has 0 aromatic heterocycles. The molecule has 31 heavy (non-hydrogen) atoms. The van der Waals surface area contributed by atoms with Crippen LogP contribution in [0.4, 0.5) is 0 Å². The lowest BCUT2D eigenvalue weighted by Gasteiger charge is -2.10. The molecular formula is C23H36O7S. The molecule has 0 saturated carbocycles. The Morgan fingerprint density at radius 3 is 1.61 bits per heavy atom. The summed E-state index contributed by atoms with van der Waals surface area (Å²) in [7, 11) is -4.10. The molecule has 8 heteroatoms. The second kappa shape index (κ2) is 15.8. The number of carbonyl (C=O) groups is 2. The minimum absolute atomic E-state index is 0.0318. The van der Waals surface area contributed by atoms with Crippen molar-refractivity contribution in [1.29, 1.82) is 0 Å². The van der Waals surface area contributed by atoms with Gasteiger partial charge in [-0.15, -0.1) is 0 Å². The molecule has 0 spiro atoms. The lowest BCUT2D eigenvalue weighted by Crippen LogP contribution is -2.16. The maximum absolute atomic E-state index is 12.3. The van der Waals surface area contributed by atoms with E-state index in [0.29, 0.717) is 6.61 Å². The normalized spacial score (nSPS) is 11.3. The Hall–Kier alpha value is -1.93. The molecule has 0 aliphatic rings. The van der Waals surface area contributed by atoms with Crippen LogP contribution < -0.4 is 0 Å². The van der Waals surface area contributed by atoms with Gasteiger partial charge in [-0.3, -0.25) is 4.55 Å². The van der Waals surface area contributed by atoms with Crippen LogP contribution in [0.5, 0.6) is 0 Å². The second-order valence-electron chi connectivity index (χ2n) is 7.64. The molecule has 7 nitrogen and oxygen atoms in total. The molecule has 1 aromatic rings. The van der Waals surface area contributed by atoms with E-state index >= 15 is 0 Å². The highest BCUT2D eigenvalue weighted by molar-refractivity contribution is 7.85. The van der Waals surface area contributed by atoms with E-state index in [-0.39, 0.29) is 24.2 Å². The summed E-state index contributed by atoms with van der Waals surface area (Å²) in [5.74, 6) is -1.81. The third kappa shape index (κ3) is 13.2. The van der Waals surface area contributed by atoms with Crippen LogP contribution in [0, 0.1) is 0 Å². The van der Waals surface area contributed by atoms with E-state index in [1.165, 1.54) is 57.1 Å². The quantitative estimate of drug-likeness (QED) is 0.195. The fraction of sp³-hybridized carbons (Fsp3) is 0.652. The van der Waals surface area contributed by atoms with E-state index in [0.717, 1.165) is 19.3 Å². The van der Waals surface area contributed by atoms with Crippen LogP contribution in [0.1, 0.15) is 98.3 Å². The van der Waals surface area contributed by atoms with Crippen molar-refractivity contribution in [1.82, 2.24) is 0 Å². The molecule has 1 aromatic carbocycles. The van der Waals surface area contributed by atoms with Crippen LogP contribution in [0.15, 0.2) is 24.3 Å². The topological polar surface area (TPSA) is 107 Å². The largest absolute Gasteiger partial charge is 0.462 e. The first-order valence-corrected chi connectivity index (χ1v) is 12.8. The zero-order chi connectivity index (χ0) is 23.0. The monoisotopic (exact) mass is 456 g/mol. The Labute approximate surface area is 186 Å². The van der Waals surface area contributed by atoms with Crippen molar-refractivity contribution in [2.75, 3.05) is 19.0 Å². The number of hydrogen-bond donors (Lipinski definition) is 1. The Kier molecular flexibility index (Phi) is 13.8. The molecular weight excluding hydrogens is 420 g/mol. The zero-order valence-electron chi connectivity index (χ0n) is 18.5. The maximum atomic E-state index is 12.3. The summed E-state index contributed by atoms with van der Waals surface area (Å²) >= 11 is 0. The summed E-state index contributed by atoms with van der Waals surface area (Å²) in [4.78, 5) is 24.6. The lowest BCUT2D eigenvalue weighted by molar-refractivity contribution is 0.0454. The minimum atomic E-state index is -4.10. The minimum Gasteiger partial charge on any atom is -0.462 e. The van der Waals surface area contributed by atoms with Crippen LogP contribution in [0.2, 0.25) is 0 Å². The molecule has 0 aliphatic carbocycles. The van der Waals surface area contributed by atoms with E-state index in [9.17, 15) is 18.0 Å². The smallest absolute Gasteiger partial charge is 0.339 e. The van der Waals surface area contributed by atoms with Gasteiger partial charge in [-0.1, -0.05) is 76.8 Å². The van der Waals surface area contributed by atoms with Crippen LogP contribution >= 0.6 is 0 Å². The molecule has 0 bridgehead atoms. The van der Waals surface area contributed by atoms with Gasteiger partial charge in [0.05, 0.1) is 30.1 Å². The summed E-state index contributed by atoms with van der Waals surface area (Å²) in [6.07, 6.45) is 11.8. The molecule has 0 aliphatic heterocycles. The van der Waals surface area contributed by atoms with Gasteiger partial charge in [0.1, 0.15) is 0 Å². The van der Waals surface area contributed by atoms with E-state index < -0.39 is 27.8 Å². The molecule has 1 rings (SSSR count). The van der Waals surface area contributed by atoms with E-state index in [1.54, 1.807) is 12.1 Å². The summed E-state index contributed by atoms with van der Waals surface area (Å²) in [5, 5.41) is 0. The van der Waals surface area contributed by atoms with Crippen molar-refractivity contribution in [3.05, 3.63) is 35.4 Å². The number of benzene rings is 1. The highest BCUT2D eigenvalue weighted by Gasteiger charge is 2.19. The lowest BCUT2D eigenvalue weighted by atomic mass is 10.1. The van der Waals surface area contributed by atoms with Crippen LogP contribution in [0.3, 0.4) is 0 Å². The molecule has 0 saturated heterocycles. The molecule has 0 atom stereocenters. The summed E-state index contributed by atoms with van der Waals surface area (Å²) in [5.41, 5.74) is 0.191. The van der Waals surface area contributed by atoms with Crippen molar-refractivity contribution < 1.29 is 32.0 Å².